The lowest BCUT2D eigenvalue weighted by molar-refractivity contribution is 0.177. The van der Waals surface area contributed by atoms with Gasteiger partial charge >= 0.3 is 6.03 Å². The van der Waals surface area contributed by atoms with E-state index < -0.39 is 11.8 Å². The quantitative estimate of drug-likeness (QED) is 0.600. The Morgan fingerprint density at radius 2 is 2.18 bits per heavy atom. The van der Waals surface area contributed by atoms with Crippen LogP contribution in [-0.2, 0) is 17.8 Å². The number of pyridine rings is 1. The van der Waals surface area contributed by atoms with E-state index in [2.05, 4.69) is 20.5 Å². The molecule has 0 saturated carbocycles. The molecule has 8 nitrogen and oxygen atoms in total. The number of carbonyl (C=O) groups is 1. The van der Waals surface area contributed by atoms with Gasteiger partial charge in [0.25, 0.3) is 5.56 Å². The number of hydrogen-bond acceptors (Lipinski definition) is 5. The van der Waals surface area contributed by atoms with Crippen LogP contribution in [0.5, 0.6) is 0 Å². The molecular formula is C23H21ClFN5O3. The molecule has 3 aromatic rings. The maximum absolute atomic E-state index is 15.0. The average molecular weight is 470 g/mol. The van der Waals surface area contributed by atoms with E-state index in [4.69, 9.17) is 16.3 Å². The number of aromatic amines is 1. The van der Waals surface area contributed by atoms with E-state index in [1.54, 1.807) is 30.3 Å². The number of nitrogens with one attached hydrogen (secondary N) is 2. The Bertz CT molecular complexity index is 1280. The molecule has 2 aromatic heterocycles. The van der Waals surface area contributed by atoms with Gasteiger partial charge in [-0.3, -0.25) is 9.78 Å². The van der Waals surface area contributed by atoms with Gasteiger partial charge in [-0.15, -0.1) is 0 Å². The zero-order valence-electron chi connectivity index (χ0n) is 17.8. The lowest BCUT2D eigenvalue weighted by Crippen LogP contribution is -2.45. The van der Waals surface area contributed by atoms with Gasteiger partial charge in [-0.25, -0.2) is 14.3 Å². The summed E-state index contributed by atoms with van der Waals surface area (Å²) >= 11 is 6.43. The highest BCUT2D eigenvalue weighted by atomic mass is 35.5. The van der Waals surface area contributed by atoms with Crippen LogP contribution < -0.4 is 10.9 Å². The normalized spacial score (nSPS) is 18.8. The fourth-order valence-electron chi connectivity index (χ4n) is 4.68. The van der Waals surface area contributed by atoms with Gasteiger partial charge in [0, 0.05) is 36.5 Å². The number of nitrogens with zero attached hydrogens (tertiary/aromatic N) is 3. The van der Waals surface area contributed by atoms with Crippen molar-refractivity contribution in [1.82, 2.24) is 20.1 Å². The molecule has 1 fully saturated rings. The number of benzene rings is 1. The molecule has 2 aliphatic rings. The smallest absolute Gasteiger partial charge is 0.322 e. The number of rotatable bonds is 4. The number of carbonyl (C=O) groups excluding carboxylic acids is 1. The predicted molar refractivity (Wildman–Crippen MR) is 121 cm³/mol. The summed E-state index contributed by atoms with van der Waals surface area (Å²) in [7, 11) is 1.58. The van der Waals surface area contributed by atoms with E-state index in [0.29, 0.717) is 34.9 Å². The second-order valence-electron chi connectivity index (χ2n) is 8.21. The van der Waals surface area contributed by atoms with Crippen LogP contribution in [0.25, 0.3) is 11.1 Å². The summed E-state index contributed by atoms with van der Waals surface area (Å²) in [6.45, 7) is 0.377. The zero-order chi connectivity index (χ0) is 23.1. The maximum atomic E-state index is 15.0. The van der Waals surface area contributed by atoms with Crippen molar-refractivity contribution in [3.63, 3.8) is 0 Å². The van der Waals surface area contributed by atoms with Gasteiger partial charge in [0.2, 0.25) is 0 Å². The fraction of sp³-hybridized carbons (Fsp3) is 0.304. The topological polar surface area (TPSA) is 100 Å². The minimum absolute atomic E-state index is 0.00247. The molecule has 2 amide bonds. The Hall–Kier alpha value is -3.30. The Balaban J connectivity index is 1.37. The monoisotopic (exact) mass is 469 g/mol. The van der Waals surface area contributed by atoms with Crippen molar-refractivity contribution in [3.05, 3.63) is 74.7 Å². The van der Waals surface area contributed by atoms with Crippen LogP contribution in [0.4, 0.5) is 14.9 Å². The first-order valence-corrected chi connectivity index (χ1v) is 10.9. The molecular weight excluding hydrogens is 449 g/mol. The standard InChI is InChI=1S/C23H21ClFN5O3/c1-33-11-14-3-2-12(10-26-14)16-8-18(25)19(9-17(16)24)27-23(32)30-15-4-5-20(30)22-13(6-15)7-21(31)28-29-22/h2-3,7-10,15,20H,4-6,11H2,1H3,(H,27,32)(H,28,31)/t15-,20+/m0/s1. The Morgan fingerprint density at radius 1 is 1.33 bits per heavy atom. The number of urea groups is 1. The Labute approximate surface area is 193 Å². The zero-order valence-corrected chi connectivity index (χ0v) is 18.5. The molecule has 33 heavy (non-hydrogen) atoms. The third-order valence-electron chi connectivity index (χ3n) is 6.16. The minimum atomic E-state index is -0.601. The number of aromatic nitrogens is 3. The molecule has 2 N–H and O–H groups in total. The average Bonchev–Trinajstić information content (AvgIpc) is 3.12. The summed E-state index contributed by atoms with van der Waals surface area (Å²) in [6.07, 6.45) is 3.67. The molecule has 170 valence electrons. The van der Waals surface area contributed by atoms with E-state index in [1.165, 1.54) is 18.2 Å². The van der Waals surface area contributed by atoms with Crippen molar-refractivity contribution in [2.75, 3.05) is 12.4 Å². The molecule has 0 unspecified atom stereocenters. The third-order valence-corrected chi connectivity index (χ3v) is 6.47. The summed E-state index contributed by atoms with van der Waals surface area (Å²) in [4.78, 5) is 30.7. The molecule has 5 rings (SSSR count). The number of ether oxygens (including phenoxy) is 1. The van der Waals surface area contributed by atoms with Crippen molar-refractivity contribution in [1.29, 1.82) is 0 Å². The number of H-pyrrole nitrogens is 1. The van der Waals surface area contributed by atoms with Crippen LogP contribution in [-0.4, -0.2) is 39.3 Å². The van der Waals surface area contributed by atoms with Crippen molar-refractivity contribution < 1.29 is 13.9 Å². The van der Waals surface area contributed by atoms with E-state index in [1.807, 2.05) is 0 Å². The van der Waals surface area contributed by atoms with Crippen molar-refractivity contribution in [3.8, 4) is 11.1 Å². The van der Waals surface area contributed by atoms with Crippen molar-refractivity contribution >= 4 is 23.3 Å². The molecule has 10 heteroatoms. The number of hydrogen-bond donors (Lipinski definition) is 2. The number of halogens is 2. The van der Waals surface area contributed by atoms with Crippen molar-refractivity contribution in [2.45, 2.75) is 38.0 Å². The summed E-state index contributed by atoms with van der Waals surface area (Å²) in [5, 5.41) is 9.57. The van der Waals surface area contributed by atoms with E-state index in [0.717, 1.165) is 24.1 Å². The largest absolute Gasteiger partial charge is 0.378 e. The summed E-state index contributed by atoms with van der Waals surface area (Å²) in [5.41, 5.74) is 3.17. The highest BCUT2D eigenvalue weighted by molar-refractivity contribution is 6.33. The van der Waals surface area contributed by atoms with Gasteiger partial charge in [0.05, 0.1) is 34.7 Å². The summed E-state index contributed by atoms with van der Waals surface area (Å²) in [6, 6.07) is 7.06. The second kappa shape index (κ2) is 8.57. The van der Waals surface area contributed by atoms with E-state index >= 15 is 0 Å². The lowest BCUT2D eigenvalue weighted by Gasteiger charge is -2.35. The molecule has 1 aromatic carbocycles. The number of fused-ring (bicyclic) bond motifs is 4. The van der Waals surface area contributed by atoms with Gasteiger partial charge in [-0.2, -0.15) is 5.10 Å². The molecule has 0 aliphatic carbocycles. The van der Waals surface area contributed by atoms with Crippen LogP contribution in [0.3, 0.4) is 0 Å². The lowest BCUT2D eigenvalue weighted by atomic mass is 9.99. The summed E-state index contributed by atoms with van der Waals surface area (Å²) < 4.78 is 20.0. The van der Waals surface area contributed by atoms with Crippen LogP contribution in [0, 0.1) is 5.82 Å². The van der Waals surface area contributed by atoms with Crippen LogP contribution in [0.1, 0.15) is 35.8 Å². The van der Waals surface area contributed by atoms with Gasteiger partial charge < -0.3 is 15.0 Å². The molecule has 0 radical (unpaired) electrons. The molecule has 0 spiro atoms. The molecule has 2 bridgehead atoms. The Morgan fingerprint density at radius 3 is 2.94 bits per heavy atom. The van der Waals surface area contributed by atoms with Crippen molar-refractivity contribution in [2.24, 2.45) is 0 Å². The number of amides is 2. The second-order valence-corrected chi connectivity index (χ2v) is 8.62. The van der Waals surface area contributed by atoms with Crippen LogP contribution in [0.2, 0.25) is 5.02 Å². The minimum Gasteiger partial charge on any atom is -0.378 e. The first kappa shape index (κ1) is 21.5. The maximum Gasteiger partial charge on any atom is 0.322 e. The number of methoxy groups -OCH3 is 1. The van der Waals surface area contributed by atoms with Gasteiger partial charge in [0.1, 0.15) is 5.82 Å². The van der Waals surface area contributed by atoms with E-state index in [9.17, 15) is 14.0 Å². The van der Waals surface area contributed by atoms with E-state index in [-0.39, 0.29) is 23.3 Å². The first-order chi connectivity index (χ1) is 15.9. The fourth-order valence-corrected chi connectivity index (χ4v) is 4.95. The molecule has 2 atom stereocenters. The SMILES string of the molecule is COCc1ccc(-c2cc(F)c(NC(=O)N3[C@H]4CC[C@@H]3c3n[nH]c(=O)cc3C4)cc2Cl)cn1. The van der Waals surface area contributed by atoms with Crippen LogP contribution >= 0.6 is 11.6 Å². The highest BCUT2D eigenvalue weighted by Gasteiger charge is 2.44. The Kier molecular flexibility index (Phi) is 5.59. The summed E-state index contributed by atoms with van der Waals surface area (Å²) in [5.74, 6) is -0.601. The highest BCUT2D eigenvalue weighted by Crippen LogP contribution is 2.42. The predicted octanol–water partition coefficient (Wildman–Crippen LogP) is 4.06. The molecule has 4 heterocycles. The molecule has 2 aliphatic heterocycles. The molecule has 1 saturated heterocycles. The van der Waals surface area contributed by atoms with Crippen LogP contribution in [0.15, 0.2) is 41.3 Å². The first-order valence-electron chi connectivity index (χ1n) is 10.6. The third kappa shape index (κ3) is 3.98. The van der Waals surface area contributed by atoms with Gasteiger partial charge in [-0.05, 0) is 43.0 Å². The number of anilines is 1. The van der Waals surface area contributed by atoms with Gasteiger partial charge in [-0.1, -0.05) is 17.7 Å². The van der Waals surface area contributed by atoms with Gasteiger partial charge in [0.15, 0.2) is 0 Å².